The number of rotatable bonds is 7. The lowest BCUT2D eigenvalue weighted by Crippen LogP contribution is -2.48. The molecule has 0 radical (unpaired) electrons. The van der Waals surface area contributed by atoms with Crippen LogP contribution in [-0.4, -0.2) is 65.2 Å². The summed E-state index contributed by atoms with van der Waals surface area (Å²) >= 11 is 0. The number of hydrogen-bond acceptors (Lipinski definition) is 5. The van der Waals surface area contributed by atoms with Crippen molar-refractivity contribution in [2.24, 2.45) is 0 Å². The van der Waals surface area contributed by atoms with Crippen LogP contribution >= 0.6 is 0 Å². The molecule has 94 valence electrons. The summed E-state index contributed by atoms with van der Waals surface area (Å²) in [5.41, 5.74) is 0. The van der Waals surface area contributed by atoms with Crippen LogP contribution in [0.15, 0.2) is 0 Å². The zero-order valence-electron chi connectivity index (χ0n) is 9.66. The molecule has 1 saturated heterocycles. The third-order valence-electron chi connectivity index (χ3n) is 2.21. The zero-order chi connectivity index (χ0) is 11.6. The molecule has 0 aromatic rings. The number of methoxy groups -OCH3 is 1. The maximum absolute atomic E-state index is 11.3. The molecule has 6 heteroatoms. The Labute approximate surface area is 95.6 Å². The first-order chi connectivity index (χ1) is 7.83. The lowest BCUT2D eigenvalue weighted by Gasteiger charge is -2.23. The van der Waals surface area contributed by atoms with Crippen molar-refractivity contribution >= 4 is 5.91 Å². The van der Waals surface area contributed by atoms with Gasteiger partial charge in [-0.3, -0.25) is 4.79 Å². The molecule has 1 amide bonds. The highest BCUT2D eigenvalue weighted by Crippen LogP contribution is 1.90. The van der Waals surface area contributed by atoms with Gasteiger partial charge in [0.2, 0.25) is 5.91 Å². The number of carbonyl (C=O) groups excluding carboxylic acids is 1. The Bertz CT molecular complexity index is 195. The van der Waals surface area contributed by atoms with Crippen LogP contribution in [0.4, 0.5) is 0 Å². The van der Waals surface area contributed by atoms with Gasteiger partial charge >= 0.3 is 0 Å². The van der Waals surface area contributed by atoms with Crippen LogP contribution in [0.1, 0.15) is 0 Å². The Kier molecular flexibility index (Phi) is 7.07. The minimum Gasteiger partial charge on any atom is -0.382 e. The van der Waals surface area contributed by atoms with Gasteiger partial charge in [0.15, 0.2) is 0 Å². The van der Waals surface area contributed by atoms with Crippen molar-refractivity contribution in [2.45, 2.75) is 6.04 Å². The molecule has 16 heavy (non-hydrogen) atoms. The highest BCUT2D eigenvalue weighted by atomic mass is 16.5. The molecule has 0 saturated carbocycles. The summed E-state index contributed by atoms with van der Waals surface area (Å²) < 4.78 is 15.1. The first-order valence-electron chi connectivity index (χ1n) is 5.47. The summed E-state index contributed by atoms with van der Waals surface area (Å²) in [5.74, 6) is -0.108. The Balaban J connectivity index is 1.96. The van der Waals surface area contributed by atoms with Crippen molar-refractivity contribution in [3.05, 3.63) is 0 Å². The molecule has 0 aromatic carbocycles. The van der Waals surface area contributed by atoms with Crippen LogP contribution in [-0.2, 0) is 19.0 Å². The summed E-state index contributed by atoms with van der Waals surface area (Å²) in [6.45, 7) is 3.82. The molecule has 0 bridgehead atoms. The quantitative estimate of drug-likeness (QED) is 0.537. The number of nitrogens with one attached hydrogen (secondary N) is 2. The van der Waals surface area contributed by atoms with Crippen LogP contribution in [0.2, 0.25) is 0 Å². The topological polar surface area (TPSA) is 68.8 Å². The fraction of sp³-hybridized carbons (Fsp3) is 0.900. The van der Waals surface area contributed by atoms with Crippen molar-refractivity contribution in [1.82, 2.24) is 10.6 Å². The lowest BCUT2D eigenvalue weighted by molar-refractivity contribution is -0.126. The van der Waals surface area contributed by atoms with Gasteiger partial charge in [-0.05, 0) is 0 Å². The maximum atomic E-state index is 11.3. The average Bonchev–Trinajstić information content (AvgIpc) is 2.33. The zero-order valence-corrected chi connectivity index (χ0v) is 9.66. The smallest absolute Gasteiger partial charge is 0.246 e. The molecule has 0 spiro atoms. The van der Waals surface area contributed by atoms with Crippen molar-refractivity contribution in [3.63, 3.8) is 0 Å². The van der Waals surface area contributed by atoms with E-state index in [1.165, 1.54) is 0 Å². The molecule has 1 rings (SSSR count). The molecule has 2 N–H and O–H groups in total. The predicted octanol–water partition coefficient (Wildman–Crippen LogP) is -1.25. The number of ether oxygens (including phenoxy) is 3. The van der Waals surface area contributed by atoms with E-state index < -0.39 is 0 Å². The Morgan fingerprint density at radius 3 is 3.12 bits per heavy atom. The number of carbonyl (C=O) groups is 1. The van der Waals surface area contributed by atoms with Crippen LogP contribution in [0.5, 0.6) is 0 Å². The minimum absolute atomic E-state index is 0.0803. The summed E-state index contributed by atoms with van der Waals surface area (Å²) in [6.07, 6.45) is 0. The lowest BCUT2D eigenvalue weighted by atomic mass is 10.3. The Morgan fingerprint density at radius 2 is 2.44 bits per heavy atom. The molecule has 1 heterocycles. The standard InChI is InChI=1S/C10H20N2O4/c1-14-4-5-16-8-10(13)12-6-9-7-15-3-2-11-9/h9,11H,2-8H2,1H3,(H,12,13). The van der Waals surface area contributed by atoms with Crippen molar-refractivity contribution in [3.8, 4) is 0 Å². The molecular weight excluding hydrogens is 212 g/mol. The second-order valence-electron chi connectivity index (χ2n) is 3.58. The predicted molar refractivity (Wildman–Crippen MR) is 58.3 cm³/mol. The summed E-state index contributed by atoms with van der Waals surface area (Å²) in [5, 5.41) is 6.03. The van der Waals surface area contributed by atoms with Crippen molar-refractivity contribution in [2.75, 3.05) is 53.2 Å². The molecular formula is C10H20N2O4. The van der Waals surface area contributed by atoms with Crippen LogP contribution in [0.3, 0.4) is 0 Å². The first kappa shape index (κ1) is 13.4. The van der Waals surface area contributed by atoms with Gasteiger partial charge in [0.05, 0.1) is 26.4 Å². The van der Waals surface area contributed by atoms with E-state index in [-0.39, 0.29) is 18.6 Å². The fourth-order valence-electron chi connectivity index (χ4n) is 1.35. The molecule has 1 aliphatic rings. The van der Waals surface area contributed by atoms with Crippen molar-refractivity contribution in [1.29, 1.82) is 0 Å². The van der Waals surface area contributed by atoms with Gasteiger partial charge in [-0.25, -0.2) is 0 Å². The van der Waals surface area contributed by atoms with E-state index in [2.05, 4.69) is 10.6 Å². The van der Waals surface area contributed by atoms with Crippen LogP contribution in [0, 0.1) is 0 Å². The van der Waals surface area contributed by atoms with E-state index >= 15 is 0 Å². The number of amides is 1. The minimum atomic E-state index is -0.108. The van der Waals surface area contributed by atoms with Gasteiger partial charge in [-0.1, -0.05) is 0 Å². The molecule has 0 aliphatic carbocycles. The first-order valence-corrected chi connectivity index (χ1v) is 5.47. The van der Waals surface area contributed by atoms with Gasteiger partial charge in [0, 0.05) is 26.2 Å². The van der Waals surface area contributed by atoms with Gasteiger partial charge in [0.25, 0.3) is 0 Å². The van der Waals surface area contributed by atoms with Gasteiger partial charge in [0.1, 0.15) is 6.61 Å². The van der Waals surface area contributed by atoms with E-state index in [0.717, 1.165) is 13.2 Å². The molecule has 1 atom stereocenters. The number of morpholine rings is 1. The Morgan fingerprint density at radius 1 is 1.56 bits per heavy atom. The molecule has 1 unspecified atom stereocenters. The second-order valence-corrected chi connectivity index (χ2v) is 3.58. The largest absolute Gasteiger partial charge is 0.382 e. The Hall–Kier alpha value is -0.690. The molecule has 1 fully saturated rings. The third-order valence-corrected chi connectivity index (χ3v) is 2.21. The third kappa shape index (κ3) is 6.02. The highest BCUT2D eigenvalue weighted by Gasteiger charge is 2.13. The normalized spacial score (nSPS) is 20.7. The summed E-state index contributed by atoms with van der Waals surface area (Å²) in [4.78, 5) is 11.3. The number of hydrogen-bond donors (Lipinski definition) is 2. The van der Waals surface area contributed by atoms with E-state index in [0.29, 0.717) is 26.4 Å². The highest BCUT2D eigenvalue weighted by molar-refractivity contribution is 5.77. The van der Waals surface area contributed by atoms with E-state index in [4.69, 9.17) is 14.2 Å². The van der Waals surface area contributed by atoms with Crippen LogP contribution < -0.4 is 10.6 Å². The van der Waals surface area contributed by atoms with E-state index in [1.54, 1.807) is 7.11 Å². The SMILES string of the molecule is COCCOCC(=O)NCC1COCCN1. The van der Waals surface area contributed by atoms with E-state index in [1.807, 2.05) is 0 Å². The second kappa shape index (κ2) is 8.46. The van der Waals surface area contributed by atoms with Gasteiger partial charge in [-0.2, -0.15) is 0 Å². The monoisotopic (exact) mass is 232 g/mol. The van der Waals surface area contributed by atoms with Crippen LogP contribution in [0.25, 0.3) is 0 Å². The molecule has 0 aromatic heterocycles. The fourth-order valence-corrected chi connectivity index (χ4v) is 1.35. The summed E-state index contributed by atoms with van der Waals surface area (Å²) in [7, 11) is 1.60. The van der Waals surface area contributed by atoms with Gasteiger partial charge < -0.3 is 24.8 Å². The van der Waals surface area contributed by atoms with Gasteiger partial charge in [-0.15, -0.1) is 0 Å². The average molecular weight is 232 g/mol. The summed E-state index contributed by atoms with van der Waals surface area (Å²) in [6, 6.07) is 0.205. The molecule has 1 aliphatic heterocycles. The van der Waals surface area contributed by atoms with E-state index in [9.17, 15) is 4.79 Å². The molecule has 6 nitrogen and oxygen atoms in total. The van der Waals surface area contributed by atoms with Crippen molar-refractivity contribution < 1.29 is 19.0 Å². The maximum Gasteiger partial charge on any atom is 0.246 e.